The average molecular weight is 1290 g/mol. The minimum atomic E-state index is -1.46. The first kappa shape index (κ1) is 56.9. The van der Waals surface area contributed by atoms with Crippen molar-refractivity contribution < 1.29 is 10.0 Å². The van der Waals surface area contributed by atoms with Gasteiger partial charge in [-0.25, -0.2) is 0 Å². The van der Waals surface area contributed by atoms with Gasteiger partial charge >= 0.3 is 7.12 Å². The molecule has 16 aromatic carbocycles. The maximum atomic E-state index is 9.43. The van der Waals surface area contributed by atoms with Crippen LogP contribution in [0.4, 0.5) is 0 Å². The van der Waals surface area contributed by atoms with Crippen molar-refractivity contribution in [3.05, 3.63) is 344 Å². The highest BCUT2D eigenvalue weighted by atomic mass is 79.9. The first-order valence-corrected chi connectivity index (χ1v) is 33.2. The molecule has 0 aliphatic carbocycles. The fraction of sp³-hybridized carbons (Fsp3) is 0. The van der Waals surface area contributed by atoms with Gasteiger partial charge in [0.05, 0.1) is 33.1 Å². The average Bonchev–Trinajstić information content (AvgIpc) is 1.08. The van der Waals surface area contributed by atoms with Crippen molar-refractivity contribution in [3.63, 3.8) is 0 Å². The van der Waals surface area contributed by atoms with Gasteiger partial charge in [-0.2, -0.15) is 0 Å². The van der Waals surface area contributed by atoms with Crippen LogP contribution in [0.15, 0.2) is 344 Å². The highest BCUT2D eigenvalue weighted by molar-refractivity contribution is 9.10. The number of rotatable bonds is 6. The van der Waals surface area contributed by atoms with E-state index >= 15 is 0 Å². The van der Waals surface area contributed by atoms with Gasteiger partial charge in [0.25, 0.3) is 0 Å². The Morgan fingerprint density at radius 3 is 1.05 bits per heavy atom. The lowest BCUT2D eigenvalue weighted by atomic mass is 9.80. The summed E-state index contributed by atoms with van der Waals surface area (Å²) in [7, 11) is -1.46. The summed E-state index contributed by atoms with van der Waals surface area (Å²) in [5, 5.41) is 41.6. The predicted octanol–water partition coefficient (Wildman–Crippen LogP) is 22.2. The second-order valence-electron chi connectivity index (χ2n) is 24.7. The minimum Gasteiger partial charge on any atom is -0.423 e. The van der Waals surface area contributed by atoms with E-state index in [0.29, 0.717) is 5.46 Å². The highest BCUT2D eigenvalue weighted by Gasteiger charge is 2.19. The lowest BCUT2D eigenvalue weighted by molar-refractivity contribution is 0.426. The van der Waals surface area contributed by atoms with Gasteiger partial charge in [-0.3, -0.25) is 0 Å². The number of hydrogen-bond acceptors (Lipinski definition) is 2. The third-order valence-corrected chi connectivity index (χ3v) is 19.9. The molecule has 0 aliphatic heterocycles. The maximum Gasteiger partial charge on any atom is 0.488 e. The van der Waals surface area contributed by atoms with E-state index in [0.717, 1.165) is 32.0 Å². The summed E-state index contributed by atoms with van der Waals surface area (Å²) < 4.78 is 10.3. The summed E-state index contributed by atoms with van der Waals surface area (Å²) in [5.41, 5.74) is 14.6. The Morgan fingerprint density at radius 1 is 0.229 bits per heavy atom. The maximum absolute atomic E-state index is 9.43. The lowest BCUT2D eigenvalue weighted by Crippen LogP contribution is -2.29. The van der Waals surface area contributed by atoms with Crippen LogP contribution >= 0.6 is 15.9 Å². The van der Waals surface area contributed by atoms with Crippen molar-refractivity contribution in [2.45, 2.75) is 0 Å². The molecule has 6 nitrogen and oxygen atoms in total. The van der Waals surface area contributed by atoms with E-state index in [1.165, 1.54) is 136 Å². The lowest BCUT2D eigenvalue weighted by Gasteiger charge is -2.13. The van der Waals surface area contributed by atoms with Gasteiger partial charge in [-0.05, 0) is 196 Å². The van der Waals surface area contributed by atoms with Gasteiger partial charge in [0.2, 0.25) is 0 Å². The van der Waals surface area contributed by atoms with Crippen molar-refractivity contribution in [1.82, 2.24) is 18.3 Å². The molecule has 4 aromatic heterocycles. The highest BCUT2D eigenvalue weighted by Crippen LogP contribution is 2.41. The fourth-order valence-corrected chi connectivity index (χ4v) is 15.3. The number of benzene rings is 16. The summed E-state index contributed by atoms with van der Waals surface area (Å²) in [6.07, 6.45) is 4.36. The summed E-state index contributed by atoms with van der Waals surface area (Å²) in [6.45, 7) is 0. The number of hydrogen-bond donors (Lipinski definition) is 2. The van der Waals surface area contributed by atoms with Crippen LogP contribution in [0.2, 0.25) is 0 Å². The van der Waals surface area contributed by atoms with Crippen LogP contribution in [-0.4, -0.2) is 35.4 Å². The molecule has 96 heavy (non-hydrogen) atoms. The quantitative estimate of drug-likeness (QED) is 0.129. The van der Waals surface area contributed by atoms with Crippen LogP contribution in [-0.2, 0) is 0 Å². The molecule has 0 saturated heterocycles. The Balaban J connectivity index is 0.000000114. The molecular formula is C88H58BBrN4O2. The predicted molar refractivity (Wildman–Crippen MR) is 410 cm³/mol. The van der Waals surface area contributed by atoms with E-state index in [9.17, 15) is 10.0 Å². The van der Waals surface area contributed by atoms with Crippen molar-refractivity contribution in [2.24, 2.45) is 0 Å². The summed E-state index contributed by atoms with van der Waals surface area (Å²) in [5.74, 6) is 0. The van der Waals surface area contributed by atoms with E-state index in [1.54, 1.807) is 6.07 Å². The molecule has 2 N–H and O–H groups in total. The fourth-order valence-electron chi connectivity index (χ4n) is 15.0. The number of nitrogens with zero attached hydrogens (tertiary/aromatic N) is 4. The van der Waals surface area contributed by atoms with Crippen LogP contribution in [0.3, 0.4) is 0 Å². The SMILES string of the molecule is Brc1ccc2ccn(-c3ccc4c5ccccc5c5ccccc5c4c3)c2c1.OB(O)c1ccc2c(c1)c1ccccc1n2-c1ccccc1.c1ccc(-n2c3ccccc3c3cc(-c4ccc5ccn(-c6ccc7c8ccccc8c8ccccc8c7c6)c5c4)ccc32)cc1. The van der Waals surface area contributed by atoms with Crippen LogP contribution in [0.1, 0.15) is 0 Å². The first-order valence-electron chi connectivity index (χ1n) is 32.5. The van der Waals surface area contributed by atoms with Gasteiger partial charge < -0.3 is 28.3 Å². The Bertz CT molecular complexity index is 6390. The van der Waals surface area contributed by atoms with Crippen LogP contribution in [0.25, 0.3) is 164 Å². The standard InChI is InChI=1S/C44H28N2.C26H16BrN.C18H14BNO2/c1-2-10-32(11-3-1)46-42-17-9-8-16-39(42)41-26-30(20-23-43(41)46)31-19-18-29-24-25-45(44(29)27-31)33-21-22-38-36-14-5-4-12-34(36)35-13-6-7-15-37(35)40(38)28-33;27-18-10-9-17-13-14-28(26(17)15-18)19-11-12-24-22-7-2-1-5-20(22)21-6-3-4-8-23(21)25(24)16-19;21-19(22)13-10-11-18-16(12-13)15-8-4-5-9-17(15)20(18)14-6-2-1-3-7-14/h1-28H;1-16H;1-12,21-22H. The van der Waals surface area contributed by atoms with Crippen LogP contribution in [0.5, 0.6) is 0 Å². The second kappa shape index (κ2) is 23.4. The molecule has 0 fully saturated rings. The monoisotopic (exact) mass is 1290 g/mol. The Kier molecular flexibility index (Phi) is 13.8. The zero-order valence-corrected chi connectivity index (χ0v) is 53.6. The van der Waals surface area contributed by atoms with E-state index in [1.807, 2.05) is 42.5 Å². The number of aromatic nitrogens is 4. The molecule has 0 radical (unpaired) electrons. The molecule has 0 unspecified atom stereocenters. The van der Waals surface area contributed by atoms with E-state index in [2.05, 4.69) is 326 Å². The number of para-hydroxylation sites is 4. The van der Waals surface area contributed by atoms with Crippen molar-refractivity contribution in [1.29, 1.82) is 0 Å². The molecule has 452 valence electrons. The van der Waals surface area contributed by atoms with Gasteiger partial charge in [0, 0.05) is 66.5 Å². The Labute approximate surface area is 561 Å². The summed E-state index contributed by atoms with van der Waals surface area (Å²) >= 11 is 3.61. The summed E-state index contributed by atoms with van der Waals surface area (Å²) in [4.78, 5) is 0. The molecule has 8 heteroatoms. The van der Waals surface area contributed by atoms with Crippen LogP contribution in [0, 0.1) is 0 Å². The normalized spacial score (nSPS) is 11.7. The van der Waals surface area contributed by atoms with E-state index < -0.39 is 7.12 Å². The van der Waals surface area contributed by atoms with Crippen LogP contribution < -0.4 is 5.46 Å². The van der Waals surface area contributed by atoms with Gasteiger partial charge in [-0.15, -0.1) is 0 Å². The first-order chi connectivity index (χ1) is 47.4. The van der Waals surface area contributed by atoms with Gasteiger partial charge in [-0.1, -0.05) is 234 Å². The Morgan fingerprint density at radius 2 is 0.583 bits per heavy atom. The third kappa shape index (κ3) is 9.56. The van der Waals surface area contributed by atoms with Crippen molar-refractivity contribution >= 4 is 159 Å². The molecule has 0 aliphatic rings. The molecule has 20 aromatic rings. The molecule has 0 saturated carbocycles. The molecule has 4 heterocycles. The largest absolute Gasteiger partial charge is 0.488 e. The molecular weight excluding hydrogens is 1240 g/mol. The molecule has 0 spiro atoms. The third-order valence-electron chi connectivity index (χ3n) is 19.4. The molecule has 20 rings (SSSR count). The molecule has 0 bridgehead atoms. The topological polar surface area (TPSA) is 60.2 Å². The zero-order chi connectivity index (χ0) is 64.0. The smallest absolute Gasteiger partial charge is 0.423 e. The second-order valence-corrected chi connectivity index (χ2v) is 25.7. The number of halogens is 1. The minimum absolute atomic E-state index is 0.503. The molecule has 0 amide bonds. The van der Waals surface area contributed by atoms with Gasteiger partial charge in [0.15, 0.2) is 0 Å². The van der Waals surface area contributed by atoms with Gasteiger partial charge in [0.1, 0.15) is 0 Å². The van der Waals surface area contributed by atoms with Crippen molar-refractivity contribution in [3.8, 4) is 33.9 Å². The Hall–Kier alpha value is -11.8. The zero-order valence-electron chi connectivity index (χ0n) is 52.0. The summed E-state index contributed by atoms with van der Waals surface area (Å²) in [6, 6.07) is 117. The van der Waals surface area contributed by atoms with E-state index in [-0.39, 0.29) is 0 Å². The van der Waals surface area contributed by atoms with Crippen molar-refractivity contribution in [2.75, 3.05) is 0 Å². The van der Waals surface area contributed by atoms with E-state index in [4.69, 9.17) is 0 Å². The number of fused-ring (bicyclic) bond motifs is 20. The molecule has 0 atom stereocenters.